The molecular weight excluding hydrogens is 318 g/mol. The minimum Gasteiger partial charge on any atom is -0.355 e. The molecule has 2 aromatic rings. The van der Waals surface area contributed by atoms with Gasteiger partial charge in [0.15, 0.2) is 0 Å². The van der Waals surface area contributed by atoms with E-state index in [0.29, 0.717) is 6.54 Å². The van der Waals surface area contributed by atoms with Crippen LogP contribution < -0.4 is 5.32 Å². The summed E-state index contributed by atoms with van der Waals surface area (Å²) in [5, 5.41) is 3.78. The van der Waals surface area contributed by atoms with Crippen LogP contribution in [0.1, 0.15) is 12.2 Å². The van der Waals surface area contributed by atoms with Crippen LogP contribution in [0.5, 0.6) is 0 Å². The van der Waals surface area contributed by atoms with Gasteiger partial charge in [0, 0.05) is 53.5 Å². The Morgan fingerprint density at radius 2 is 2.23 bits per heavy atom. The summed E-state index contributed by atoms with van der Waals surface area (Å²) in [6.07, 6.45) is 5.41. The minimum atomic E-state index is 0.0513. The normalized spacial score (nSPS) is 17.0. The van der Waals surface area contributed by atoms with Crippen molar-refractivity contribution in [2.45, 2.75) is 24.3 Å². The van der Waals surface area contributed by atoms with Crippen molar-refractivity contribution in [3.05, 3.63) is 47.5 Å². The first-order valence-corrected chi connectivity index (χ1v) is 8.75. The zero-order valence-electron chi connectivity index (χ0n) is 12.2. The minimum absolute atomic E-state index is 0.0513. The predicted molar refractivity (Wildman–Crippen MR) is 89.2 cm³/mol. The quantitative estimate of drug-likeness (QED) is 0.675. The van der Waals surface area contributed by atoms with E-state index in [1.807, 2.05) is 30.5 Å². The monoisotopic (exact) mass is 335 g/mol. The zero-order valence-corrected chi connectivity index (χ0v) is 13.7. The number of carbonyl (C=O) groups excluding carboxylic acids is 1. The Balaban J connectivity index is 1.40. The number of nitrogens with one attached hydrogen (secondary N) is 1. The number of benzene rings is 1. The summed E-state index contributed by atoms with van der Waals surface area (Å²) in [6.45, 7) is 1.56. The summed E-state index contributed by atoms with van der Waals surface area (Å²) < 4.78 is 2.13. The van der Waals surface area contributed by atoms with Gasteiger partial charge in [0.2, 0.25) is 5.91 Å². The molecule has 0 fully saturated rings. The van der Waals surface area contributed by atoms with Crippen LogP contribution in [0.25, 0.3) is 0 Å². The van der Waals surface area contributed by atoms with Gasteiger partial charge in [-0.3, -0.25) is 4.79 Å². The number of rotatable bonds is 5. The highest BCUT2D eigenvalue weighted by Crippen LogP contribution is 2.21. The number of aryl methyl sites for hydroxylation is 1. The second-order valence-electron chi connectivity index (χ2n) is 5.32. The van der Waals surface area contributed by atoms with Gasteiger partial charge in [-0.15, -0.1) is 11.8 Å². The number of fused-ring (bicyclic) bond motifs is 1. The number of amides is 1. The molecule has 1 aliphatic heterocycles. The Kier molecular flexibility index (Phi) is 5.05. The lowest BCUT2D eigenvalue weighted by atomic mass is 9.97. The number of imidazole rings is 1. The van der Waals surface area contributed by atoms with Crippen molar-refractivity contribution in [2.75, 3.05) is 12.3 Å². The third-order valence-electron chi connectivity index (χ3n) is 3.80. The average Bonchev–Trinajstić information content (AvgIpc) is 3.00. The summed E-state index contributed by atoms with van der Waals surface area (Å²) >= 11 is 7.57. The lowest BCUT2D eigenvalue weighted by Gasteiger charge is -2.22. The fourth-order valence-corrected chi connectivity index (χ4v) is 3.49. The van der Waals surface area contributed by atoms with Crippen LogP contribution in [0.3, 0.4) is 0 Å². The van der Waals surface area contributed by atoms with Crippen LogP contribution >= 0.6 is 23.4 Å². The molecule has 4 nitrogen and oxygen atoms in total. The van der Waals surface area contributed by atoms with Gasteiger partial charge in [-0.2, -0.15) is 0 Å². The topological polar surface area (TPSA) is 46.9 Å². The van der Waals surface area contributed by atoms with E-state index in [4.69, 9.17) is 11.6 Å². The molecule has 0 saturated carbocycles. The molecule has 0 saturated heterocycles. The molecule has 0 bridgehead atoms. The van der Waals surface area contributed by atoms with Crippen molar-refractivity contribution < 1.29 is 4.79 Å². The Morgan fingerprint density at radius 3 is 3.05 bits per heavy atom. The van der Waals surface area contributed by atoms with Gasteiger partial charge in [-0.05, 0) is 30.7 Å². The van der Waals surface area contributed by atoms with E-state index >= 15 is 0 Å². The molecule has 0 radical (unpaired) electrons. The lowest BCUT2D eigenvalue weighted by Crippen LogP contribution is -2.36. The van der Waals surface area contributed by atoms with E-state index in [0.717, 1.165) is 36.0 Å². The second-order valence-corrected chi connectivity index (χ2v) is 6.92. The van der Waals surface area contributed by atoms with Crippen molar-refractivity contribution >= 4 is 29.3 Å². The third-order valence-corrected chi connectivity index (χ3v) is 5.07. The highest BCUT2D eigenvalue weighted by molar-refractivity contribution is 7.99. The number of hydrogen-bond donors (Lipinski definition) is 1. The number of halogens is 1. The van der Waals surface area contributed by atoms with Crippen LogP contribution in [0.4, 0.5) is 0 Å². The second kappa shape index (κ2) is 7.20. The fourth-order valence-electron chi connectivity index (χ4n) is 2.59. The summed E-state index contributed by atoms with van der Waals surface area (Å²) in [5.41, 5.74) is 0. The van der Waals surface area contributed by atoms with Gasteiger partial charge in [0.05, 0.1) is 0 Å². The van der Waals surface area contributed by atoms with Crippen molar-refractivity contribution in [3.8, 4) is 0 Å². The molecule has 6 heteroatoms. The first-order chi connectivity index (χ1) is 10.7. The first-order valence-electron chi connectivity index (χ1n) is 7.38. The average molecular weight is 336 g/mol. The molecule has 0 unspecified atom stereocenters. The van der Waals surface area contributed by atoms with Crippen LogP contribution in [0.2, 0.25) is 5.02 Å². The maximum atomic E-state index is 12.2. The molecule has 116 valence electrons. The van der Waals surface area contributed by atoms with E-state index in [9.17, 15) is 4.79 Å². The molecule has 0 aliphatic carbocycles. The Hall–Kier alpha value is -1.46. The van der Waals surface area contributed by atoms with Crippen LogP contribution in [0, 0.1) is 5.92 Å². The number of thioether (sulfide) groups is 1. The largest absolute Gasteiger partial charge is 0.355 e. The fraction of sp³-hybridized carbons (Fsp3) is 0.375. The Labute approximate surface area is 139 Å². The number of aromatic nitrogens is 2. The van der Waals surface area contributed by atoms with Crippen LogP contribution in [-0.2, 0) is 17.8 Å². The van der Waals surface area contributed by atoms with E-state index in [-0.39, 0.29) is 11.8 Å². The van der Waals surface area contributed by atoms with Gasteiger partial charge < -0.3 is 9.88 Å². The molecule has 1 aliphatic rings. The van der Waals surface area contributed by atoms with Crippen LogP contribution in [-0.4, -0.2) is 27.8 Å². The van der Waals surface area contributed by atoms with E-state index in [1.54, 1.807) is 18.0 Å². The lowest BCUT2D eigenvalue weighted by molar-refractivity contribution is -0.125. The van der Waals surface area contributed by atoms with Crippen molar-refractivity contribution in [2.24, 2.45) is 5.92 Å². The molecule has 0 spiro atoms. The standard InChI is InChI=1S/C16H18ClN3OS/c17-13-1-3-14(4-2-13)22-10-7-19-16(21)12-5-8-20-9-6-18-15(20)11-12/h1-4,6,9,12H,5,7-8,10-11H2,(H,19,21)/t12-/m1/s1. The Morgan fingerprint density at radius 1 is 1.41 bits per heavy atom. The Bertz CT molecular complexity index is 641. The molecule has 1 atom stereocenters. The third kappa shape index (κ3) is 3.84. The van der Waals surface area contributed by atoms with E-state index in [1.165, 1.54) is 4.90 Å². The number of carbonyl (C=O) groups is 1. The highest BCUT2D eigenvalue weighted by atomic mass is 35.5. The molecule has 1 N–H and O–H groups in total. The number of hydrogen-bond acceptors (Lipinski definition) is 3. The van der Waals surface area contributed by atoms with Gasteiger partial charge in [-0.1, -0.05) is 11.6 Å². The SMILES string of the molecule is O=C(NCCSc1ccc(Cl)cc1)[C@@H]1CCn2ccnc2C1. The van der Waals surface area contributed by atoms with Gasteiger partial charge in [0.1, 0.15) is 5.82 Å². The van der Waals surface area contributed by atoms with Crippen molar-refractivity contribution in [1.29, 1.82) is 0 Å². The van der Waals surface area contributed by atoms with Crippen LogP contribution in [0.15, 0.2) is 41.6 Å². The van der Waals surface area contributed by atoms with Crippen molar-refractivity contribution in [3.63, 3.8) is 0 Å². The molecule has 1 aromatic heterocycles. The molecule has 3 rings (SSSR count). The maximum absolute atomic E-state index is 12.2. The molecule has 1 amide bonds. The summed E-state index contributed by atoms with van der Waals surface area (Å²) in [5.74, 6) is 2.07. The summed E-state index contributed by atoms with van der Waals surface area (Å²) in [6, 6.07) is 7.75. The molecule has 2 heterocycles. The maximum Gasteiger partial charge on any atom is 0.223 e. The molecule has 1 aromatic carbocycles. The number of nitrogens with zero attached hydrogens (tertiary/aromatic N) is 2. The van der Waals surface area contributed by atoms with E-state index in [2.05, 4.69) is 14.9 Å². The molecular formula is C16H18ClN3OS. The smallest absolute Gasteiger partial charge is 0.223 e. The summed E-state index contributed by atoms with van der Waals surface area (Å²) in [4.78, 5) is 17.7. The summed E-state index contributed by atoms with van der Waals surface area (Å²) in [7, 11) is 0. The zero-order chi connectivity index (χ0) is 15.4. The molecule has 22 heavy (non-hydrogen) atoms. The predicted octanol–water partition coefficient (Wildman–Crippen LogP) is 3.01. The first kappa shape index (κ1) is 15.4. The van der Waals surface area contributed by atoms with Gasteiger partial charge in [-0.25, -0.2) is 4.98 Å². The van der Waals surface area contributed by atoms with Gasteiger partial charge >= 0.3 is 0 Å². The van der Waals surface area contributed by atoms with Crippen molar-refractivity contribution in [1.82, 2.24) is 14.9 Å². The highest BCUT2D eigenvalue weighted by Gasteiger charge is 2.24. The van der Waals surface area contributed by atoms with Gasteiger partial charge in [0.25, 0.3) is 0 Å². The van der Waals surface area contributed by atoms with E-state index < -0.39 is 0 Å².